The van der Waals surface area contributed by atoms with Crippen LogP contribution in [0.5, 0.6) is 0 Å². The van der Waals surface area contributed by atoms with Crippen molar-refractivity contribution in [3.63, 3.8) is 0 Å². The van der Waals surface area contributed by atoms with E-state index in [-0.39, 0.29) is 18.3 Å². The summed E-state index contributed by atoms with van der Waals surface area (Å²) in [7, 11) is 0. The van der Waals surface area contributed by atoms with Gasteiger partial charge in [0.25, 0.3) is 0 Å². The van der Waals surface area contributed by atoms with Gasteiger partial charge in [-0.3, -0.25) is 0 Å². The Labute approximate surface area is 217 Å². The van der Waals surface area contributed by atoms with Gasteiger partial charge in [0.1, 0.15) is 18.3 Å². The fourth-order valence-electron chi connectivity index (χ4n) is 5.16. The first-order valence-corrected chi connectivity index (χ1v) is 13.8. The first-order valence-electron chi connectivity index (χ1n) is 13.8. The van der Waals surface area contributed by atoms with E-state index in [0.29, 0.717) is 5.92 Å². The van der Waals surface area contributed by atoms with Crippen molar-refractivity contribution in [1.82, 2.24) is 0 Å². The standard InChI is InChI=1S/C33H42O3/c1-26(2)29-24-27(12-9-17-30-14-3-6-21-34-30)33(20-11-19-32-16-5-8-23-36-32)28(25-29)13-10-18-31-15-4-7-22-35-31/h3-8,14-16,21-26,30-32H,9-13,17-20H2,1-2H3. The molecule has 0 saturated heterocycles. The molecule has 36 heavy (non-hydrogen) atoms. The minimum atomic E-state index is 0.198. The van der Waals surface area contributed by atoms with Crippen LogP contribution >= 0.6 is 0 Å². The smallest absolute Gasteiger partial charge is 0.116 e. The van der Waals surface area contributed by atoms with Crippen LogP contribution in [0.4, 0.5) is 0 Å². The Hall–Kier alpha value is -2.94. The van der Waals surface area contributed by atoms with Crippen molar-refractivity contribution in [2.75, 3.05) is 0 Å². The zero-order chi connectivity index (χ0) is 25.0. The van der Waals surface area contributed by atoms with Gasteiger partial charge < -0.3 is 14.2 Å². The second-order valence-electron chi connectivity index (χ2n) is 10.3. The van der Waals surface area contributed by atoms with Gasteiger partial charge in [-0.2, -0.15) is 0 Å². The average Bonchev–Trinajstić information content (AvgIpc) is 2.91. The molecule has 192 valence electrons. The van der Waals surface area contributed by atoms with Gasteiger partial charge >= 0.3 is 0 Å². The lowest BCUT2D eigenvalue weighted by Crippen LogP contribution is -2.12. The molecule has 1 aromatic carbocycles. The molecule has 3 aliphatic heterocycles. The third-order valence-corrected chi connectivity index (χ3v) is 7.22. The number of aryl methyl sites for hydroxylation is 2. The van der Waals surface area contributed by atoms with Crippen LogP contribution in [0.3, 0.4) is 0 Å². The Bertz CT molecular complexity index is 951. The molecule has 0 aliphatic carbocycles. The molecule has 1 aromatic rings. The maximum Gasteiger partial charge on any atom is 0.116 e. The van der Waals surface area contributed by atoms with Gasteiger partial charge in [0.05, 0.1) is 18.8 Å². The molecule has 3 aliphatic rings. The van der Waals surface area contributed by atoms with E-state index in [1.165, 1.54) is 16.7 Å². The molecule has 0 bridgehead atoms. The van der Waals surface area contributed by atoms with Crippen molar-refractivity contribution in [3.05, 3.63) is 108 Å². The van der Waals surface area contributed by atoms with E-state index >= 15 is 0 Å². The Morgan fingerprint density at radius 1 is 0.583 bits per heavy atom. The molecule has 3 atom stereocenters. The fourth-order valence-corrected chi connectivity index (χ4v) is 5.16. The van der Waals surface area contributed by atoms with Crippen LogP contribution < -0.4 is 0 Å². The summed E-state index contributed by atoms with van der Waals surface area (Å²) >= 11 is 0. The van der Waals surface area contributed by atoms with E-state index in [9.17, 15) is 0 Å². The number of allylic oxidation sites excluding steroid dienone is 6. The van der Waals surface area contributed by atoms with Crippen molar-refractivity contribution < 1.29 is 14.2 Å². The molecule has 0 radical (unpaired) electrons. The zero-order valence-electron chi connectivity index (χ0n) is 22.0. The predicted molar refractivity (Wildman–Crippen MR) is 149 cm³/mol. The molecule has 3 heteroatoms. The van der Waals surface area contributed by atoms with Crippen LogP contribution in [0, 0.1) is 0 Å². The topological polar surface area (TPSA) is 27.7 Å². The Balaban J connectivity index is 1.46. The van der Waals surface area contributed by atoms with Gasteiger partial charge in [-0.1, -0.05) is 44.2 Å². The van der Waals surface area contributed by atoms with Crippen LogP contribution in [0.2, 0.25) is 0 Å². The lowest BCUT2D eigenvalue weighted by atomic mass is 9.86. The highest BCUT2D eigenvalue weighted by molar-refractivity contribution is 5.41. The van der Waals surface area contributed by atoms with E-state index in [1.54, 1.807) is 5.56 Å². The highest BCUT2D eigenvalue weighted by atomic mass is 16.5. The number of rotatable bonds is 13. The minimum absolute atomic E-state index is 0.198. The van der Waals surface area contributed by atoms with E-state index in [2.05, 4.69) is 62.4 Å². The van der Waals surface area contributed by atoms with Crippen LogP contribution in [0.25, 0.3) is 0 Å². The van der Waals surface area contributed by atoms with E-state index in [1.807, 2.05) is 37.0 Å². The van der Waals surface area contributed by atoms with Crippen molar-refractivity contribution in [3.8, 4) is 0 Å². The SMILES string of the molecule is CC(C)c1cc(CCCC2C=CC=CO2)c(CCCC2C=CC=CO2)c(CCCC2C=CC=CO2)c1. The predicted octanol–water partition coefficient (Wildman–Crippen LogP) is 8.18. The lowest BCUT2D eigenvalue weighted by Gasteiger charge is -2.22. The lowest BCUT2D eigenvalue weighted by molar-refractivity contribution is 0.171. The molecule has 4 rings (SSSR count). The summed E-state index contributed by atoms with van der Waals surface area (Å²) in [5.74, 6) is 0.522. The zero-order valence-corrected chi connectivity index (χ0v) is 22.0. The number of benzene rings is 1. The molecular formula is C33H42O3. The summed E-state index contributed by atoms with van der Waals surface area (Å²) in [5, 5.41) is 0. The molecule has 3 nitrogen and oxygen atoms in total. The Kier molecular flexibility index (Phi) is 10.1. The van der Waals surface area contributed by atoms with E-state index in [4.69, 9.17) is 14.2 Å². The molecule has 0 saturated carbocycles. The second kappa shape index (κ2) is 14.0. The highest BCUT2D eigenvalue weighted by Gasteiger charge is 2.16. The van der Waals surface area contributed by atoms with E-state index < -0.39 is 0 Å². The maximum absolute atomic E-state index is 5.77. The Morgan fingerprint density at radius 3 is 1.36 bits per heavy atom. The van der Waals surface area contributed by atoms with Crippen molar-refractivity contribution in [2.45, 2.75) is 95.9 Å². The highest BCUT2D eigenvalue weighted by Crippen LogP contribution is 2.29. The van der Waals surface area contributed by atoms with Crippen molar-refractivity contribution >= 4 is 0 Å². The summed E-state index contributed by atoms with van der Waals surface area (Å²) < 4.78 is 17.3. The maximum atomic E-state index is 5.77. The number of ether oxygens (including phenoxy) is 3. The summed E-state index contributed by atoms with van der Waals surface area (Å²) in [5.41, 5.74) is 6.09. The van der Waals surface area contributed by atoms with Crippen LogP contribution in [-0.2, 0) is 33.5 Å². The van der Waals surface area contributed by atoms with Crippen molar-refractivity contribution in [1.29, 1.82) is 0 Å². The number of hydrogen-bond donors (Lipinski definition) is 0. The van der Waals surface area contributed by atoms with Crippen LogP contribution in [0.15, 0.2) is 85.6 Å². The second-order valence-corrected chi connectivity index (χ2v) is 10.3. The third-order valence-electron chi connectivity index (χ3n) is 7.22. The van der Waals surface area contributed by atoms with E-state index in [0.717, 1.165) is 57.8 Å². The third kappa shape index (κ3) is 8.05. The van der Waals surface area contributed by atoms with Gasteiger partial charge in [-0.05, 0) is 122 Å². The molecule has 0 aromatic heterocycles. The summed E-state index contributed by atoms with van der Waals surface area (Å²) in [6, 6.07) is 4.97. The van der Waals surface area contributed by atoms with Crippen LogP contribution in [0.1, 0.15) is 80.5 Å². The molecule has 3 unspecified atom stereocenters. The molecular weight excluding hydrogens is 444 g/mol. The fraction of sp³-hybridized carbons (Fsp3) is 0.455. The molecule has 0 N–H and O–H groups in total. The normalized spacial score (nSPS) is 22.0. The molecule has 0 amide bonds. The van der Waals surface area contributed by atoms with Gasteiger partial charge in [0.2, 0.25) is 0 Å². The number of hydrogen-bond acceptors (Lipinski definition) is 3. The summed E-state index contributed by atoms with van der Waals surface area (Å²) in [6.45, 7) is 4.62. The summed E-state index contributed by atoms with van der Waals surface area (Å²) in [6.07, 6.45) is 34.5. The average molecular weight is 487 g/mol. The van der Waals surface area contributed by atoms with Crippen LogP contribution in [-0.4, -0.2) is 18.3 Å². The Morgan fingerprint density at radius 2 is 1.00 bits per heavy atom. The first-order chi connectivity index (χ1) is 17.7. The largest absolute Gasteiger partial charge is 0.494 e. The molecule has 0 spiro atoms. The van der Waals surface area contributed by atoms with Gasteiger partial charge in [-0.25, -0.2) is 0 Å². The van der Waals surface area contributed by atoms with Gasteiger partial charge in [0.15, 0.2) is 0 Å². The molecule has 3 heterocycles. The van der Waals surface area contributed by atoms with Gasteiger partial charge in [0, 0.05) is 0 Å². The monoisotopic (exact) mass is 486 g/mol. The van der Waals surface area contributed by atoms with Gasteiger partial charge in [-0.15, -0.1) is 0 Å². The minimum Gasteiger partial charge on any atom is -0.494 e. The first kappa shape index (κ1) is 26.1. The molecule has 0 fully saturated rings. The summed E-state index contributed by atoms with van der Waals surface area (Å²) in [4.78, 5) is 0. The quantitative estimate of drug-likeness (QED) is 0.281. The van der Waals surface area contributed by atoms with Crippen molar-refractivity contribution in [2.24, 2.45) is 0 Å².